The van der Waals surface area contributed by atoms with E-state index in [4.69, 9.17) is 0 Å². The van der Waals surface area contributed by atoms with E-state index in [9.17, 15) is 13.2 Å². The van der Waals surface area contributed by atoms with E-state index in [-0.39, 0.29) is 5.82 Å². The molecule has 0 saturated heterocycles. The molecule has 0 aliphatic rings. The topological polar surface area (TPSA) is 37.6 Å². The highest BCUT2D eigenvalue weighted by molar-refractivity contribution is 5.41. The first kappa shape index (κ1) is 12.2. The van der Waals surface area contributed by atoms with Gasteiger partial charge in [0, 0.05) is 18.3 Å². The van der Waals surface area contributed by atoms with E-state index < -0.39 is 23.1 Å². The summed E-state index contributed by atoms with van der Waals surface area (Å²) >= 11 is 0. The number of benzene rings is 1. The minimum absolute atomic E-state index is 0.220. The van der Waals surface area contributed by atoms with Crippen LogP contribution in [0.5, 0.6) is 0 Å². The summed E-state index contributed by atoms with van der Waals surface area (Å²) in [6.07, 6.45) is 1.50. The van der Waals surface area contributed by atoms with Gasteiger partial charge < -0.3 is 0 Å². The minimum atomic E-state index is -1.11. The van der Waals surface area contributed by atoms with E-state index in [0.717, 1.165) is 5.56 Å². The van der Waals surface area contributed by atoms with Crippen LogP contribution in [-0.4, -0.2) is 4.98 Å². The van der Waals surface area contributed by atoms with E-state index in [1.54, 1.807) is 12.1 Å². The quantitative estimate of drug-likeness (QED) is 0.736. The summed E-state index contributed by atoms with van der Waals surface area (Å²) in [5, 5.41) is 7.00. The number of hydrogen-bond donors (Lipinski definition) is 0. The molecule has 0 unspecified atom stereocenters. The predicted molar refractivity (Wildman–Crippen MR) is 59.5 cm³/mol. The number of azo groups is 1. The lowest BCUT2D eigenvalue weighted by molar-refractivity contribution is 0.545. The third-order valence-corrected chi connectivity index (χ3v) is 2.14. The summed E-state index contributed by atoms with van der Waals surface area (Å²) in [6, 6.07) is 4.43. The zero-order chi connectivity index (χ0) is 13.1. The van der Waals surface area contributed by atoms with Crippen LogP contribution < -0.4 is 0 Å². The first-order valence-corrected chi connectivity index (χ1v) is 5.05. The Morgan fingerprint density at radius 3 is 2.28 bits per heavy atom. The molecule has 0 bridgehead atoms. The van der Waals surface area contributed by atoms with Crippen molar-refractivity contribution in [2.24, 2.45) is 10.2 Å². The van der Waals surface area contributed by atoms with Gasteiger partial charge in [-0.3, -0.25) is 0 Å². The Morgan fingerprint density at radius 1 is 1.00 bits per heavy atom. The zero-order valence-corrected chi connectivity index (χ0v) is 9.36. The van der Waals surface area contributed by atoms with Gasteiger partial charge in [0.25, 0.3) is 0 Å². The van der Waals surface area contributed by atoms with Gasteiger partial charge in [-0.05, 0) is 24.6 Å². The average molecular weight is 251 g/mol. The molecule has 6 heteroatoms. The number of aryl methyl sites for hydroxylation is 1. The molecule has 0 spiro atoms. The Bertz CT molecular complexity index is 588. The fourth-order valence-corrected chi connectivity index (χ4v) is 1.31. The van der Waals surface area contributed by atoms with Gasteiger partial charge in [-0.15, -0.1) is 10.2 Å². The highest BCUT2D eigenvalue weighted by atomic mass is 19.1. The second kappa shape index (κ2) is 4.95. The lowest BCUT2D eigenvalue weighted by Crippen LogP contribution is -1.85. The highest BCUT2D eigenvalue weighted by Crippen LogP contribution is 2.25. The van der Waals surface area contributed by atoms with Crippen LogP contribution >= 0.6 is 0 Å². The third-order valence-electron chi connectivity index (χ3n) is 2.14. The molecule has 2 aromatic rings. The lowest BCUT2D eigenvalue weighted by Gasteiger charge is -1.98. The molecule has 0 aliphatic heterocycles. The molecule has 92 valence electrons. The zero-order valence-electron chi connectivity index (χ0n) is 9.36. The third kappa shape index (κ3) is 2.71. The summed E-state index contributed by atoms with van der Waals surface area (Å²) < 4.78 is 39.1. The molecule has 0 amide bonds. The van der Waals surface area contributed by atoms with E-state index in [1.165, 1.54) is 6.20 Å². The number of pyridine rings is 1. The first-order valence-electron chi connectivity index (χ1n) is 5.05. The minimum Gasteiger partial charge on any atom is -0.236 e. The van der Waals surface area contributed by atoms with Gasteiger partial charge in [0.15, 0.2) is 23.1 Å². The Hall–Kier alpha value is -2.24. The monoisotopic (exact) mass is 251 g/mol. The number of rotatable bonds is 2. The molecule has 0 N–H and O–H groups in total. The van der Waals surface area contributed by atoms with Gasteiger partial charge in [-0.2, -0.15) is 0 Å². The van der Waals surface area contributed by atoms with Gasteiger partial charge in [-0.1, -0.05) is 0 Å². The van der Waals surface area contributed by atoms with Crippen molar-refractivity contribution in [3.05, 3.63) is 53.5 Å². The summed E-state index contributed by atoms with van der Waals surface area (Å²) in [6.45, 7) is 1.82. The van der Waals surface area contributed by atoms with Crippen molar-refractivity contribution in [2.45, 2.75) is 6.92 Å². The molecule has 0 fully saturated rings. The second-order valence-corrected chi connectivity index (χ2v) is 3.61. The van der Waals surface area contributed by atoms with Crippen molar-refractivity contribution in [2.75, 3.05) is 0 Å². The van der Waals surface area contributed by atoms with Gasteiger partial charge in [-0.25, -0.2) is 18.2 Å². The molecule has 0 atom stereocenters. The highest BCUT2D eigenvalue weighted by Gasteiger charge is 2.10. The summed E-state index contributed by atoms with van der Waals surface area (Å²) in [4.78, 5) is 3.85. The first-order chi connectivity index (χ1) is 8.56. The number of nitrogens with zero attached hydrogens (tertiary/aromatic N) is 3. The lowest BCUT2D eigenvalue weighted by atomic mass is 10.3. The van der Waals surface area contributed by atoms with E-state index in [1.807, 2.05) is 6.92 Å². The maximum absolute atomic E-state index is 13.2. The molecule has 1 heterocycles. The summed E-state index contributed by atoms with van der Waals surface area (Å²) in [7, 11) is 0. The fourth-order valence-electron chi connectivity index (χ4n) is 1.31. The van der Waals surface area contributed by atoms with Crippen LogP contribution in [-0.2, 0) is 0 Å². The molecule has 18 heavy (non-hydrogen) atoms. The molecule has 0 saturated carbocycles. The molecule has 0 aliphatic carbocycles. The van der Waals surface area contributed by atoms with Gasteiger partial charge in [0.05, 0.1) is 0 Å². The summed E-state index contributed by atoms with van der Waals surface area (Å²) in [5.74, 6) is -3.00. The molecular weight excluding hydrogens is 243 g/mol. The Balaban J connectivity index is 2.35. The van der Waals surface area contributed by atoms with Crippen molar-refractivity contribution in [3.63, 3.8) is 0 Å². The maximum atomic E-state index is 13.2. The molecular formula is C12H8F3N3. The van der Waals surface area contributed by atoms with Crippen LogP contribution in [0.4, 0.5) is 24.7 Å². The molecule has 1 aromatic carbocycles. The Kier molecular flexibility index (Phi) is 3.36. The largest absolute Gasteiger partial charge is 0.236 e. The van der Waals surface area contributed by atoms with Gasteiger partial charge in [0.1, 0.15) is 5.82 Å². The van der Waals surface area contributed by atoms with E-state index in [0.29, 0.717) is 12.1 Å². The van der Waals surface area contributed by atoms with Crippen LogP contribution in [0, 0.1) is 24.4 Å². The maximum Gasteiger partial charge on any atom is 0.174 e. The second-order valence-electron chi connectivity index (χ2n) is 3.61. The van der Waals surface area contributed by atoms with Crippen molar-refractivity contribution >= 4 is 11.5 Å². The standard InChI is InChI=1S/C12H8F3N3/c1-7-2-3-16-11(4-7)17-18-12-9(14)5-8(13)6-10(12)15/h2-6H,1H3. The smallest absolute Gasteiger partial charge is 0.174 e. The summed E-state index contributed by atoms with van der Waals surface area (Å²) in [5.41, 5.74) is 0.249. The molecule has 2 rings (SSSR count). The number of halogens is 3. The predicted octanol–water partition coefficient (Wildman–Crippen LogP) is 4.22. The Labute approximate surface area is 101 Å². The molecule has 3 nitrogen and oxygen atoms in total. The van der Waals surface area contributed by atoms with Crippen LogP contribution in [0.15, 0.2) is 40.7 Å². The number of hydrogen-bond acceptors (Lipinski definition) is 3. The number of aromatic nitrogens is 1. The van der Waals surface area contributed by atoms with Crippen LogP contribution in [0.1, 0.15) is 5.56 Å². The van der Waals surface area contributed by atoms with Crippen LogP contribution in [0.2, 0.25) is 0 Å². The Morgan fingerprint density at radius 2 is 1.67 bits per heavy atom. The van der Waals surface area contributed by atoms with Crippen LogP contribution in [0.25, 0.3) is 0 Å². The van der Waals surface area contributed by atoms with E-state index >= 15 is 0 Å². The van der Waals surface area contributed by atoms with Gasteiger partial charge in [0.2, 0.25) is 0 Å². The normalized spacial score (nSPS) is 11.1. The van der Waals surface area contributed by atoms with Crippen molar-refractivity contribution < 1.29 is 13.2 Å². The van der Waals surface area contributed by atoms with Crippen molar-refractivity contribution in [3.8, 4) is 0 Å². The van der Waals surface area contributed by atoms with Crippen molar-refractivity contribution in [1.82, 2.24) is 4.98 Å². The average Bonchev–Trinajstić information content (AvgIpc) is 2.27. The van der Waals surface area contributed by atoms with E-state index in [2.05, 4.69) is 15.2 Å². The molecule has 1 aromatic heterocycles. The molecule has 0 radical (unpaired) electrons. The van der Waals surface area contributed by atoms with Crippen LogP contribution in [0.3, 0.4) is 0 Å². The van der Waals surface area contributed by atoms with Crippen molar-refractivity contribution in [1.29, 1.82) is 0 Å². The SMILES string of the molecule is Cc1ccnc(N=Nc2c(F)cc(F)cc2F)c1. The van der Waals surface area contributed by atoms with Gasteiger partial charge >= 0.3 is 0 Å². The fraction of sp³-hybridized carbons (Fsp3) is 0.0833.